The van der Waals surface area contributed by atoms with Crippen LogP contribution in [0, 0.1) is 6.92 Å². The number of carbonyl (C=O) groups is 5. The summed E-state index contributed by atoms with van der Waals surface area (Å²) in [5, 5.41) is 32.4. The lowest BCUT2D eigenvalue weighted by molar-refractivity contribution is 0.0679. The lowest BCUT2D eigenvalue weighted by Gasteiger charge is -2.13. The summed E-state index contributed by atoms with van der Waals surface area (Å²) in [6.07, 6.45) is 0. The number of hydrogen-bond acceptors (Lipinski definition) is 5. The second-order valence-corrected chi connectivity index (χ2v) is 5.98. The van der Waals surface area contributed by atoms with E-state index in [1.807, 2.05) is 0 Å². The fourth-order valence-electron chi connectivity index (χ4n) is 2.64. The molecule has 150 valence electrons. The van der Waals surface area contributed by atoms with Crippen LogP contribution in [0.3, 0.4) is 0 Å². The average Bonchev–Trinajstić information content (AvgIpc) is 2.65. The predicted molar refractivity (Wildman–Crippen MR) is 99.8 cm³/mol. The topological polar surface area (TPSA) is 170 Å². The molecule has 0 aliphatic carbocycles. The number of rotatable bonds is 6. The third-order valence-corrected chi connectivity index (χ3v) is 3.92. The van der Waals surface area contributed by atoms with Crippen molar-refractivity contribution in [1.82, 2.24) is 5.32 Å². The van der Waals surface area contributed by atoms with Gasteiger partial charge in [-0.1, -0.05) is 0 Å². The number of amides is 2. The Morgan fingerprint density at radius 1 is 0.690 bits per heavy atom. The number of aryl methyl sites for hydroxylation is 1. The van der Waals surface area contributed by atoms with Gasteiger partial charge in [-0.25, -0.2) is 14.4 Å². The number of anilines is 1. The van der Waals surface area contributed by atoms with Gasteiger partial charge in [-0.05, 0) is 42.8 Å². The summed E-state index contributed by atoms with van der Waals surface area (Å²) >= 11 is 0. The van der Waals surface area contributed by atoms with Gasteiger partial charge in [-0.2, -0.15) is 0 Å². The molecule has 0 radical (unpaired) electrons. The summed E-state index contributed by atoms with van der Waals surface area (Å²) in [5.41, 5.74) is -1.53. The minimum Gasteiger partial charge on any atom is -0.478 e. The molecule has 10 nitrogen and oxygen atoms in total. The van der Waals surface area contributed by atoms with Crippen LogP contribution in [0.25, 0.3) is 0 Å². The van der Waals surface area contributed by atoms with E-state index in [4.69, 9.17) is 5.11 Å². The minimum atomic E-state index is -1.57. The normalized spacial score (nSPS) is 10.1. The highest BCUT2D eigenvalue weighted by molar-refractivity contribution is 6.15. The molecule has 0 unspecified atom stereocenters. The first-order valence-corrected chi connectivity index (χ1v) is 8.08. The number of carboxylic acid groups (broad SMARTS) is 3. The number of carboxylic acids is 3. The fraction of sp³-hybridized carbons (Fsp3) is 0.105. The van der Waals surface area contributed by atoms with Gasteiger partial charge in [-0.3, -0.25) is 9.59 Å². The molecule has 10 heteroatoms. The van der Waals surface area contributed by atoms with Crippen LogP contribution in [-0.4, -0.2) is 52.1 Å². The first-order chi connectivity index (χ1) is 13.5. The van der Waals surface area contributed by atoms with Gasteiger partial charge in [0.05, 0.1) is 27.8 Å². The van der Waals surface area contributed by atoms with Gasteiger partial charge in [0.15, 0.2) is 0 Å². The molecule has 2 aromatic carbocycles. The summed E-state index contributed by atoms with van der Waals surface area (Å²) in [6.45, 7) is 1.61. The molecule has 0 bridgehead atoms. The van der Waals surface area contributed by atoms with Crippen molar-refractivity contribution < 1.29 is 39.3 Å². The van der Waals surface area contributed by atoms with Crippen molar-refractivity contribution in [1.29, 1.82) is 0 Å². The molecule has 0 aliphatic rings. The molecule has 5 N–H and O–H groups in total. The van der Waals surface area contributed by atoms with Crippen molar-refractivity contribution in [2.75, 3.05) is 12.4 Å². The van der Waals surface area contributed by atoms with Crippen LogP contribution in [-0.2, 0) is 0 Å². The third-order valence-electron chi connectivity index (χ3n) is 3.92. The van der Waals surface area contributed by atoms with E-state index in [0.29, 0.717) is 5.56 Å². The number of aromatic carboxylic acids is 3. The second-order valence-electron chi connectivity index (χ2n) is 5.98. The van der Waals surface area contributed by atoms with E-state index in [0.717, 1.165) is 12.1 Å². The molecule has 0 atom stereocenters. The summed E-state index contributed by atoms with van der Waals surface area (Å²) in [6, 6.07) is 5.62. The molecular weight excluding hydrogens is 384 g/mol. The van der Waals surface area contributed by atoms with E-state index in [1.165, 1.54) is 25.2 Å². The van der Waals surface area contributed by atoms with Crippen molar-refractivity contribution in [2.45, 2.75) is 6.92 Å². The molecular formula is C19H16N2O8. The van der Waals surface area contributed by atoms with Crippen LogP contribution in [0.2, 0.25) is 0 Å². The van der Waals surface area contributed by atoms with Crippen molar-refractivity contribution in [2.24, 2.45) is 0 Å². The maximum absolute atomic E-state index is 12.7. The quantitative estimate of drug-likeness (QED) is 0.488. The van der Waals surface area contributed by atoms with Crippen LogP contribution >= 0.6 is 0 Å². The maximum Gasteiger partial charge on any atom is 0.336 e. The molecule has 2 amide bonds. The standard InChI is InChI=1S/C19H16N2O8/c1-8-3-9(17(24)25)5-10(4-8)21-16(23)12-6-11(15(22)20-2)13(18(26)27)7-14(12)19(28)29/h3-7H,1-2H3,(H,20,22)(H,21,23)(H,24,25)(H,26,27)(H,28,29). The molecule has 0 aliphatic heterocycles. The number of nitrogens with one attached hydrogen (secondary N) is 2. The number of benzene rings is 2. The van der Waals surface area contributed by atoms with Crippen LogP contribution in [0.15, 0.2) is 30.3 Å². The number of hydrogen-bond donors (Lipinski definition) is 5. The first-order valence-electron chi connectivity index (χ1n) is 8.08. The summed E-state index contributed by atoms with van der Waals surface area (Å²) in [4.78, 5) is 58.8. The molecule has 29 heavy (non-hydrogen) atoms. The van der Waals surface area contributed by atoms with Gasteiger partial charge in [0.25, 0.3) is 11.8 Å². The van der Waals surface area contributed by atoms with Gasteiger partial charge in [-0.15, -0.1) is 0 Å². The van der Waals surface area contributed by atoms with Gasteiger partial charge < -0.3 is 26.0 Å². The van der Waals surface area contributed by atoms with Crippen molar-refractivity contribution in [3.63, 3.8) is 0 Å². The van der Waals surface area contributed by atoms with E-state index < -0.39 is 52.0 Å². The van der Waals surface area contributed by atoms with Crippen LogP contribution in [0.1, 0.15) is 57.4 Å². The van der Waals surface area contributed by atoms with Crippen molar-refractivity contribution >= 4 is 35.4 Å². The monoisotopic (exact) mass is 400 g/mol. The summed E-state index contributed by atoms with van der Waals surface area (Å²) < 4.78 is 0. The zero-order chi connectivity index (χ0) is 21.9. The Hall–Kier alpha value is -4.21. The molecule has 0 saturated heterocycles. The Labute approximate surface area is 163 Å². The Morgan fingerprint density at radius 2 is 1.21 bits per heavy atom. The molecule has 0 aromatic heterocycles. The first kappa shape index (κ1) is 21.1. The average molecular weight is 400 g/mol. The fourth-order valence-corrected chi connectivity index (χ4v) is 2.64. The van der Waals surface area contributed by atoms with Gasteiger partial charge in [0, 0.05) is 12.7 Å². The molecule has 0 saturated carbocycles. The largest absolute Gasteiger partial charge is 0.478 e. The summed E-state index contributed by atoms with van der Waals surface area (Å²) in [5.74, 6) is -6.11. The van der Waals surface area contributed by atoms with Crippen molar-refractivity contribution in [3.05, 3.63) is 63.7 Å². The zero-order valence-corrected chi connectivity index (χ0v) is 15.3. The van der Waals surface area contributed by atoms with E-state index in [9.17, 15) is 34.2 Å². The molecule has 0 spiro atoms. The van der Waals surface area contributed by atoms with E-state index >= 15 is 0 Å². The highest BCUT2D eigenvalue weighted by Gasteiger charge is 2.25. The third kappa shape index (κ3) is 4.56. The van der Waals surface area contributed by atoms with Gasteiger partial charge in [0.1, 0.15) is 0 Å². The molecule has 2 rings (SSSR count). The zero-order valence-electron chi connectivity index (χ0n) is 15.3. The Balaban J connectivity index is 2.59. The highest BCUT2D eigenvalue weighted by atomic mass is 16.4. The Bertz CT molecular complexity index is 1060. The lowest BCUT2D eigenvalue weighted by Crippen LogP contribution is -2.24. The highest BCUT2D eigenvalue weighted by Crippen LogP contribution is 2.21. The van der Waals surface area contributed by atoms with E-state index in [2.05, 4.69) is 10.6 Å². The minimum absolute atomic E-state index is 0.0903. The van der Waals surface area contributed by atoms with E-state index in [-0.39, 0.29) is 11.3 Å². The van der Waals surface area contributed by atoms with Crippen LogP contribution in [0.4, 0.5) is 5.69 Å². The Kier molecular flexibility index (Phi) is 5.97. The van der Waals surface area contributed by atoms with Crippen LogP contribution in [0.5, 0.6) is 0 Å². The lowest BCUT2D eigenvalue weighted by atomic mass is 9.97. The van der Waals surface area contributed by atoms with Crippen LogP contribution < -0.4 is 10.6 Å². The second kappa shape index (κ2) is 8.21. The SMILES string of the molecule is CNC(=O)c1cc(C(=O)Nc2cc(C)cc(C(=O)O)c2)c(C(=O)O)cc1C(=O)O. The van der Waals surface area contributed by atoms with Gasteiger partial charge in [0.2, 0.25) is 0 Å². The Morgan fingerprint density at radius 3 is 1.69 bits per heavy atom. The molecule has 0 fully saturated rings. The molecule has 2 aromatic rings. The maximum atomic E-state index is 12.7. The smallest absolute Gasteiger partial charge is 0.336 e. The van der Waals surface area contributed by atoms with Gasteiger partial charge >= 0.3 is 17.9 Å². The molecule has 0 heterocycles. The summed E-state index contributed by atoms with van der Waals surface area (Å²) in [7, 11) is 1.25. The van der Waals surface area contributed by atoms with Crippen molar-refractivity contribution in [3.8, 4) is 0 Å². The van der Waals surface area contributed by atoms with E-state index in [1.54, 1.807) is 6.92 Å². The number of carbonyl (C=O) groups excluding carboxylic acids is 2. The predicted octanol–water partition coefficient (Wildman–Crippen LogP) is 1.70.